The summed E-state index contributed by atoms with van der Waals surface area (Å²) in [6.07, 6.45) is -12.7. The number of hydrogen-bond donors (Lipinski definition) is 0. The monoisotopic (exact) mass is 1430 g/mol. The Hall–Kier alpha value is -8.80. The molecule has 0 N–H and O–H groups in total. The first-order chi connectivity index (χ1) is 51.2. The molecule has 4 saturated heterocycles. The van der Waals surface area contributed by atoms with Gasteiger partial charge in [0.15, 0.2) is 37.4 Å². The van der Waals surface area contributed by atoms with Crippen LogP contribution in [0.4, 0.5) is 0 Å². The van der Waals surface area contributed by atoms with Gasteiger partial charge in [0.1, 0.15) is 25.4 Å². The highest BCUT2D eigenvalue weighted by Gasteiger charge is 2.56. The van der Waals surface area contributed by atoms with Crippen molar-refractivity contribution in [2.24, 2.45) is 35.5 Å². The summed E-state index contributed by atoms with van der Waals surface area (Å²) >= 11 is 0. The Morgan fingerprint density at radius 3 is 1.16 bits per heavy atom. The highest BCUT2D eigenvalue weighted by atomic mass is 16.8. The highest BCUT2D eigenvalue weighted by molar-refractivity contribution is 5.91. The van der Waals surface area contributed by atoms with Gasteiger partial charge in [-0.3, -0.25) is 0 Å². The molecule has 0 aliphatic carbocycles. The summed E-state index contributed by atoms with van der Waals surface area (Å²) in [5, 5.41) is 2.17. The fourth-order valence-electron chi connectivity index (χ4n) is 14.2. The van der Waals surface area contributed by atoms with E-state index in [4.69, 9.17) is 71.1 Å². The number of esters is 4. The van der Waals surface area contributed by atoms with E-state index in [2.05, 4.69) is 36.9 Å². The van der Waals surface area contributed by atoms with E-state index in [0.717, 1.165) is 27.5 Å². The molecule has 8 aromatic carbocycles. The summed E-state index contributed by atoms with van der Waals surface area (Å²) in [7, 11) is 0. The van der Waals surface area contributed by atoms with E-state index < -0.39 is 140 Å². The number of hydrogen-bond acceptors (Lipinski definition) is 19. The Bertz CT molecular complexity index is 4040. The maximum absolute atomic E-state index is 15.0. The summed E-state index contributed by atoms with van der Waals surface area (Å²) in [5.41, 5.74) is 4.08. The zero-order chi connectivity index (χ0) is 73.2. The molecule has 552 valence electrons. The second-order valence-electron chi connectivity index (χ2n) is 27.6. The van der Waals surface area contributed by atoms with Gasteiger partial charge < -0.3 is 71.1 Å². The van der Waals surface area contributed by atoms with Gasteiger partial charge in [0.2, 0.25) is 0 Å². The van der Waals surface area contributed by atoms with Crippen LogP contribution in [0.15, 0.2) is 237 Å². The van der Waals surface area contributed by atoms with Gasteiger partial charge >= 0.3 is 23.9 Å². The lowest BCUT2D eigenvalue weighted by Gasteiger charge is -2.52. The van der Waals surface area contributed by atoms with Crippen molar-refractivity contribution < 1.29 is 90.2 Å². The van der Waals surface area contributed by atoms with Gasteiger partial charge in [0.25, 0.3) is 0 Å². The van der Waals surface area contributed by atoms with Crippen molar-refractivity contribution in [2.75, 3.05) is 33.0 Å². The number of carbonyl (C=O) groups excluding carboxylic acids is 4. The van der Waals surface area contributed by atoms with Crippen LogP contribution in [0.2, 0.25) is 0 Å². The second-order valence-corrected chi connectivity index (χ2v) is 27.6. The number of fused-ring (bicyclic) bond motifs is 1. The first kappa shape index (κ1) is 75.9. The molecule has 4 heterocycles. The van der Waals surface area contributed by atoms with Gasteiger partial charge in [-0.25, -0.2) is 19.2 Å². The molecular formula is C86H94O19. The normalized spacial score (nSPS) is 28.9. The molecule has 12 rings (SSSR count). The summed E-state index contributed by atoms with van der Waals surface area (Å²) < 4.78 is 102. The number of benzene rings is 8. The van der Waals surface area contributed by atoms with Gasteiger partial charge in [0.05, 0.1) is 98.5 Å². The van der Waals surface area contributed by atoms with E-state index in [0.29, 0.717) is 11.1 Å². The lowest BCUT2D eigenvalue weighted by Crippen LogP contribution is -2.63. The SMILES string of the molecule is C=CCO[C@@H]1OC(COCc2ccccc2)[C@H](C)[C@H](OC2OC(COC(=O)c3ccccc3)C(C)C(O[C@@H]3OC(COCc4ccccc4)[C@H](C)[C@H](OC4OC(COC(=O)c5ccccc5)C(C)C(OCc5ccc6ccccc6c5)C4C)C3OC(=O)c3ccccc3)C2C)C1OC(=O)c1ccccc1. The Kier molecular flexibility index (Phi) is 26.7. The maximum atomic E-state index is 15.0. The second kappa shape index (κ2) is 37.0. The van der Waals surface area contributed by atoms with Gasteiger partial charge in [-0.2, -0.15) is 0 Å². The van der Waals surface area contributed by atoms with Crippen LogP contribution in [0.1, 0.15) is 99.7 Å². The molecule has 105 heavy (non-hydrogen) atoms. The predicted octanol–water partition coefficient (Wildman–Crippen LogP) is 14.4. The molecule has 0 amide bonds. The van der Waals surface area contributed by atoms with Gasteiger partial charge in [-0.1, -0.05) is 217 Å². The quantitative estimate of drug-likeness (QED) is 0.0233. The Morgan fingerprint density at radius 1 is 0.333 bits per heavy atom. The van der Waals surface area contributed by atoms with E-state index in [1.54, 1.807) is 115 Å². The minimum Gasteiger partial charge on any atom is -0.459 e. The van der Waals surface area contributed by atoms with Crippen LogP contribution < -0.4 is 0 Å². The zero-order valence-corrected chi connectivity index (χ0v) is 60.1. The Morgan fingerprint density at radius 2 is 0.695 bits per heavy atom. The van der Waals surface area contributed by atoms with Crippen molar-refractivity contribution in [3.8, 4) is 0 Å². The van der Waals surface area contributed by atoms with E-state index in [1.165, 1.54) is 0 Å². The van der Waals surface area contributed by atoms with Crippen molar-refractivity contribution in [3.63, 3.8) is 0 Å². The van der Waals surface area contributed by atoms with Crippen LogP contribution in [0.5, 0.6) is 0 Å². The molecule has 0 radical (unpaired) electrons. The summed E-state index contributed by atoms with van der Waals surface area (Å²) in [6, 6.07) is 68.5. The van der Waals surface area contributed by atoms with Crippen LogP contribution in [0.25, 0.3) is 10.8 Å². The summed E-state index contributed by atoms with van der Waals surface area (Å²) in [5.74, 6) is -5.86. The van der Waals surface area contributed by atoms with Crippen LogP contribution in [0, 0.1) is 35.5 Å². The molecule has 0 saturated carbocycles. The highest BCUT2D eigenvalue weighted by Crippen LogP contribution is 2.44. The molecular weight excluding hydrogens is 1340 g/mol. The molecule has 20 atom stereocenters. The fraction of sp³-hybridized carbons (Fsp3) is 0.395. The Balaban J connectivity index is 0.908. The zero-order valence-electron chi connectivity index (χ0n) is 60.1. The molecule has 0 aromatic heterocycles. The third-order valence-corrected chi connectivity index (χ3v) is 20.3. The van der Waals surface area contributed by atoms with Crippen molar-refractivity contribution in [1.29, 1.82) is 0 Å². The van der Waals surface area contributed by atoms with Gasteiger partial charge in [-0.05, 0) is 82.1 Å². The smallest absolute Gasteiger partial charge is 0.338 e. The van der Waals surface area contributed by atoms with Crippen LogP contribution in [-0.2, 0) is 90.9 Å². The minimum atomic E-state index is -1.44. The Labute approximate surface area is 614 Å². The standard InChI is InChI=1S/C86H94O19/c1-8-45-93-85-77(101-81(89)66-38-23-13-24-39-66)75(56(4)69(99-85)50-91-47-60-29-15-9-16-30-60)104-84-59(7)74(55(3)72(98-84)53-96-80(88)65-36-21-12-22-37-65)103-86-78(102-82(90)67-40-25-14-26-41-67)76(57(5)70(100-86)51-92-48-61-31-17-10-18-32-61)105-83-58(6)73(94-49-62-43-44-63-33-27-28-42-68(63)46-62)54(2)71(97-83)52-95-79(87)64-34-19-11-20-35-64/h8-44,46,54-59,69-78,83-86H,1,45,47-53H2,2-7H3/t54?,55?,56-,57-,58?,59?,69?,70?,71?,72?,73?,74?,75-,76-,77?,78?,83?,84?,85+,86-/m0/s1. The molecule has 14 unspecified atom stereocenters. The third-order valence-electron chi connectivity index (χ3n) is 20.3. The summed E-state index contributed by atoms with van der Waals surface area (Å²) in [4.78, 5) is 57.1. The number of rotatable bonds is 30. The topological polar surface area (TPSA) is 207 Å². The van der Waals surface area contributed by atoms with Gasteiger partial charge in [0, 0.05) is 35.5 Å². The molecule has 19 nitrogen and oxygen atoms in total. The van der Waals surface area contributed by atoms with Crippen molar-refractivity contribution in [1.82, 2.24) is 0 Å². The lowest BCUT2D eigenvalue weighted by molar-refractivity contribution is -0.371. The molecule has 19 heteroatoms. The van der Waals surface area contributed by atoms with E-state index in [9.17, 15) is 14.4 Å². The molecule has 4 fully saturated rings. The largest absolute Gasteiger partial charge is 0.459 e. The first-order valence-corrected chi connectivity index (χ1v) is 36.3. The number of carbonyl (C=O) groups is 4. The fourth-order valence-corrected chi connectivity index (χ4v) is 14.2. The minimum absolute atomic E-state index is 0.0243. The van der Waals surface area contributed by atoms with Gasteiger partial charge in [-0.15, -0.1) is 6.58 Å². The molecule has 8 aromatic rings. The molecule has 0 bridgehead atoms. The van der Waals surface area contributed by atoms with Crippen molar-refractivity contribution in [2.45, 2.75) is 148 Å². The molecule has 4 aliphatic rings. The third kappa shape index (κ3) is 19.4. The average Bonchev–Trinajstić information content (AvgIpc) is 0.766. The number of ether oxygens (including phenoxy) is 15. The van der Waals surface area contributed by atoms with Crippen LogP contribution in [-0.4, -0.2) is 143 Å². The lowest BCUT2D eigenvalue weighted by atomic mass is 9.84. The van der Waals surface area contributed by atoms with E-state index in [1.807, 2.05) is 126 Å². The first-order valence-electron chi connectivity index (χ1n) is 36.3. The molecule has 0 spiro atoms. The van der Waals surface area contributed by atoms with Crippen LogP contribution in [0.3, 0.4) is 0 Å². The summed E-state index contributed by atoms with van der Waals surface area (Å²) in [6.45, 7) is 16.1. The van der Waals surface area contributed by atoms with Crippen molar-refractivity contribution >= 4 is 34.6 Å². The van der Waals surface area contributed by atoms with E-state index >= 15 is 4.79 Å². The average molecular weight is 1430 g/mol. The van der Waals surface area contributed by atoms with Crippen molar-refractivity contribution in [3.05, 3.63) is 276 Å². The van der Waals surface area contributed by atoms with Crippen LogP contribution >= 0.6 is 0 Å². The maximum Gasteiger partial charge on any atom is 0.338 e. The predicted molar refractivity (Wildman–Crippen MR) is 390 cm³/mol. The van der Waals surface area contributed by atoms with E-state index in [-0.39, 0.29) is 69.9 Å². The molecule has 4 aliphatic heterocycles.